The van der Waals surface area contributed by atoms with E-state index in [1.807, 2.05) is 0 Å². The monoisotopic (exact) mass is 530 g/mol. The van der Waals surface area contributed by atoms with E-state index in [4.69, 9.17) is 0 Å². The molecule has 0 unspecified atom stereocenters. The van der Waals surface area contributed by atoms with Crippen molar-refractivity contribution in [2.75, 3.05) is 6.66 Å². The minimum Gasteiger partial charge on any atom is -1.00 e. The average molecular weight is 530 g/mol. The minimum atomic E-state index is -1.81. The molecule has 0 aliphatic carbocycles. The Morgan fingerprint density at radius 2 is 0.567 bits per heavy atom. The third kappa shape index (κ3) is 4.26. The zero-order valence-electron chi connectivity index (χ0n) is 20.3. The highest BCUT2D eigenvalue weighted by Gasteiger charge is 2.47. The molecule has 0 spiro atoms. The molecule has 160 valence electrons. The molecule has 0 fully saturated rings. The van der Waals surface area contributed by atoms with E-state index in [2.05, 4.69) is 105 Å². The highest BCUT2D eigenvalue weighted by molar-refractivity contribution is 7.95. The summed E-state index contributed by atoms with van der Waals surface area (Å²) in [5.74, 6) is 0. The van der Waals surface area contributed by atoms with Crippen LogP contribution in [0, 0.1) is 62.3 Å². The van der Waals surface area contributed by atoms with E-state index in [1.165, 1.54) is 50.1 Å². The van der Waals surface area contributed by atoms with Crippen LogP contribution in [0.5, 0.6) is 0 Å². The summed E-state index contributed by atoms with van der Waals surface area (Å²) in [4.78, 5) is 0. The minimum absolute atomic E-state index is 0. The van der Waals surface area contributed by atoms with Gasteiger partial charge >= 0.3 is 0 Å². The molecule has 3 rings (SSSR count). The fourth-order valence-corrected chi connectivity index (χ4v) is 11.3. The van der Waals surface area contributed by atoms with Crippen molar-refractivity contribution in [3.05, 3.63) is 86.5 Å². The van der Waals surface area contributed by atoms with E-state index >= 15 is 0 Å². The molecular weight excluding hydrogens is 494 g/mol. The molecule has 0 N–H and O–H groups in total. The van der Waals surface area contributed by atoms with Crippen molar-refractivity contribution in [2.24, 2.45) is 0 Å². The van der Waals surface area contributed by atoms with Crippen molar-refractivity contribution in [1.82, 2.24) is 0 Å². The standard InChI is InChI=1S/C28H36P.HI/c1-17-11-20(4)26(21(5)12-17)29(10,27-22(6)13-18(2)14-23(27)7)28-24(8)15-19(3)16-25(28)9;/h11-16H,1-10H3;1H/q+1;/p-1. The lowest BCUT2D eigenvalue weighted by molar-refractivity contribution is -0.00000658. The Bertz CT molecular complexity index is 899. The summed E-state index contributed by atoms with van der Waals surface area (Å²) in [6, 6.07) is 14.2. The number of rotatable bonds is 3. The van der Waals surface area contributed by atoms with E-state index in [0.717, 1.165) is 0 Å². The maximum Gasteiger partial charge on any atom is 0.110 e. The topological polar surface area (TPSA) is 0 Å². The highest BCUT2D eigenvalue weighted by Crippen LogP contribution is 2.56. The normalized spacial score (nSPS) is 11.4. The van der Waals surface area contributed by atoms with E-state index in [9.17, 15) is 0 Å². The molecule has 0 saturated carbocycles. The van der Waals surface area contributed by atoms with Gasteiger partial charge in [0, 0.05) is 0 Å². The Hall–Kier alpha value is -1.18. The zero-order chi connectivity index (χ0) is 21.7. The smallest absolute Gasteiger partial charge is 0.110 e. The number of benzene rings is 3. The van der Waals surface area contributed by atoms with Gasteiger partial charge in [0.25, 0.3) is 0 Å². The van der Waals surface area contributed by atoms with Gasteiger partial charge in [0.1, 0.15) is 23.2 Å². The van der Waals surface area contributed by atoms with Crippen molar-refractivity contribution in [3.63, 3.8) is 0 Å². The molecule has 3 aromatic rings. The zero-order valence-corrected chi connectivity index (χ0v) is 23.3. The van der Waals surface area contributed by atoms with Gasteiger partial charge in [0.2, 0.25) is 0 Å². The van der Waals surface area contributed by atoms with Gasteiger partial charge in [-0.3, -0.25) is 0 Å². The first kappa shape index (κ1) is 25.1. The van der Waals surface area contributed by atoms with E-state index < -0.39 is 7.26 Å². The summed E-state index contributed by atoms with van der Waals surface area (Å²) in [6.45, 7) is 23.1. The lowest BCUT2D eigenvalue weighted by Gasteiger charge is -2.31. The lowest BCUT2D eigenvalue weighted by atomic mass is 10.1. The second kappa shape index (κ2) is 9.13. The number of hydrogen-bond acceptors (Lipinski definition) is 0. The van der Waals surface area contributed by atoms with Gasteiger partial charge < -0.3 is 24.0 Å². The summed E-state index contributed by atoms with van der Waals surface area (Å²) >= 11 is 0. The van der Waals surface area contributed by atoms with Crippen molar-refractivity contribution >= 4 is 23.2 Å². The molecular formula is C28H36IP. The van der Waals surface area contributed by atoms with Crippen LogP contribution < -0.4 is 39.9 Å². The van der Waals surface area contributed by atoms with Crippen LogP contribution in [0.25, 0.3) is 0 Å². The molecule has 0 heterocycles. The van der Waals surface area contributed by atoms with Crippen LogP contribution in [0.2, 0.25) is 0 Å². The SMILES string of the molecule is Cc1cc(C)c([P+](C)(c2c(C)cc(C)cc2C)c2c(C)cc(C)cc2C)c(C)c1.[I-]. The molecule has 2 heteroatoms. The summed E-state index contributed by atoms with van der Waals surface area (Å²) in [5.41, 5.74) is 12.6. The van der Waals surface area contributed by atoms with E-state index in [-0.39, 0.29) is 24.0 Å². The van der Waals surface area contributed by atoms with E-state index in [1.54, 1.807) is 15.9 Å². The van der Waals surface area contributed by atoms with Crippen molar-refractivity contribution in [1.29, 1.82) is 0 Å². The van der Waals surface area contributed by atoms with E-state index in [0.29, 0.717) is 0 Å². The van der Waals surface area contributed by atoms with Crippen molar-refractivity contribution in [3.8, 4) is 0 Å². The van der Waals surface area contributed by atoms with Crippen molar-refractivity contribution in [2.45, 2.75) is 62.3 Å². The summed E-state index contributed by atoms with van der Waals surface area (Å²) in [5, 5.41) is 4.69. The molecule has 0 aliphatic heterocycles. The van der Waals surface area contributed by atoms with Crippen LogP contribution in [0.4, 0.5) is 0 Å². The molecule has 0 aliphatic rings. The van der Waals surface area contributed by atoms with Crippen LogP contribution in [0.15, 0.2) is 36.4 Å². The third-order valence-electron chi connectivity index (χ3n) is 6.25. The van der Waals surface area contributed by atoms with Gasteiger partial charge in [-0.25, -0.2) is 0 Å². The quantitative estimate of drug-likeness (QED) is 0.360. The predicted molar refractivity (Wildman–Crippen MR) is 134 cm³/mol. The van der Waals surface area contributed by atoms with Crippen LogP contribution >= 0.6 is 7.26 Å². The Morgan fingerprint density at radius 1 is 0.400 bits per heavy atom. The van der Waals surface area contributed by atoms with Crippen LogP contribution in [0.1, 0.15) is 50.1 Å². The predicted octanol–water partition coefficient (Wildman–Crippen LogP) is 3.39. The maximum atomic E-state index is 2.56. The maximum absolute atomic E-state index is 2.56. The largest absolute Gasteiger partial charge is 1.00 e. The van der Waals surface area contributed by atoms with Gasteiger partial charge in [0.15, 0.2) is 0 Å². The van der Waals surface area contributed by atoms with Crippen LogP contribution in [0.3, 0.4) is 0 Å². The lowest BCUT2D eigenvalue weighted by Crippen LogP contribution is -3.00. The molecule has 30 heavy (non-hydrogen) atoms. The van der Waals surface area contributed by atoms with Gasteiger partial charge in [-0.05, 0) is 95.7 Å². The molecule has 0 radical (unpaired) electrons. The first-order chi connectivity index (χ1) is 13.5. The average Bonchev–Trinajstić information content (AvgIpc) is 2.51. The Morgan fingerprint density at radius 3 is 0.733 bits per heavy atom. The summed E-state index contributed by atoms with van der Waals surface area (Å²) < 4.78 is 0. The van der Waals surface area contributed by atoms with Crippen LogP contribution in [-0.2, 0) is 0 Å². The molecule has 0 atom stereocenters. The molecule has 0 nitrogen and oxygen atoms in total. The first-order valence-electron chi connectivity index (χ1n) is 10.6. The van der Waals surface area contributed by atoms with Gasteiger partial charge in [-0.1, -0.05) is 53.1 Å². The number of hydrogen-bond donors (Lipinski definition) is 0. The Labute approximate surface area is 201 Å². The van der Waals surface area contributed by atoms with Gasteiger partial charge in [0.05, 0.1) is 6.66 Å². The third-order valence-corrected chi connectivity index (χ3v) is 11.0. The molecule has 3 aromatic carbocycles. The Kier molecular flexibility index (Phi) is 7.63. The molecule has 0 amide bonds. The summed E-state index contributed by atoms with van der Waals surface area (Å²) in [6.07, 6.45) is 0. The Balaban J connectivity index is 0.00000320. The van der Waals surface area contributed by atoms with Gasteiger partial charge in [-0.2, -0.15) is 0 Å². The number of aryl methyl sites for hydroxylation is 9. The van der Waals surface area contributed by atoms with Gasteiger partial charge in [-0.15, -0.1) is 0 Å². The molecule has 0 saturated heterocycles. The molecule has 0 aromatic heterocycles. The highest BCUT2D eigenvalue weighted by atomic mass is 127. The van der Waals surface area contributed by atoms with Crippen molar-refractivity contribution < 1.29 is 24.0 Å². The number of halogens is 1. The molecule has 0 bridgehead atoms. The fourth-order valence-electron chi connectivity index (χ4n) is 5.97. The first-order valence-corrected chi connectivity index (χ1v) is 12.8. The summed E-state index contributed by atoms with van der Waals surface area (Å²) in [7, 11) is -1.81. The second-order valence-electron chi connectivity index (χ2n) is 9.25. The fraction of sp³-hybridized carbons (Fsp3) is 0.357. The van der Waals surface area contributed by atoms with Crippen LogP contribution in [-0.4, -0.2) is 6.66 Å². The second-order valence-corrected chi connectivity index (χ2v) is 12.6.